The first-order valence-corrected chi connectivity index (χ1v) is 8.75. The lowest BCUT2D eigenvalue weighted by atomic mass is 9.83. The van der Waals surface area contributed by atoms with Gasteiger partial charge in [-0.05, 0) is 51.2 Å². The van der Waals surface area contributed by atoms with E-state index in [9.17, 15) is 0 Å². The lowest BCUT2D eigenvalue weighted by Gasteiger charge is -2.48. The van der Waals surface area contributed by atoms with Crippen LogP contribution in [0, 0.1) is 11.8 Å². The SMILES string of the molecule is COCC(CNCC(C)C)N1CCC2C(CCCN2C)C1. The van der Waals surface area contributed by atoms with Gasteiger partial charge in [0, 0.05) is 38.8 Å². The molecule has 2 saturated heterocycles. The second kappa shape index (κ2) is 8.47. The average Bonchev–Trinajstić information content (AvgIpc) is 2.46. The second-order valence-electron chi connectivity index (χ2n) is 7.40. The van der Waals surface area contributed by atoms with Crippen molar-refractivity contribution in [2.24, 2.45) is 11.8 Å². The molecule has 1 N–H and O–H groups in total. The molecule has 0 aromatic heterocycles. The zero-order chi connectivity index (χ0) is 15.2. The van der Waals surface area contributed by atoms with Gasteiger partial charge >= 0.3 is 0 Å². The molecule has 0 aromatic rings. The molecule has 2 fully saturated rings. The zero-order valence-corrected chi connectivity index (χ0v) is 14.5. The van der Waals surface area contributed by atoms with Gasteiger partial charge < -0.3 is 15.0 Å². The molecular weight excluding hydrogens is 262 g/mol. The van der Waals surface area contributed by atoms with Gasteiger partial charge in [0.1, 0.15) is 0 Å². The van der Waals surface area contributed by atoms with E-state index in [1.807, 2.05) is 7.11 Å². The van der Waals surface area contributed by atoms with Crippen LogP contribution in [0.4, 0.5) is 0 Å². The van der Waals surface area contributed by atoms with Gasteiger partial charge in [0.25, 0.3) is 0 Å². The molecule has 2 aliphatic rings. The van der Waals surface area contributed by atoms with Crippen molar-refractivity contribution < 1.29 is 4.74 Å². The van der Waals surface area contributed by atoms with Crippen molar-refractivity contribution in [3.05, 3.63) is 0 Å². The number of rotatable bonds is 7. The van der Waals surface area contributed by atoms with Gasteiger partial charge in [-0.3, -0.25) is 4.90 Å². The summed E-state index contributed by atoms with van der Waals surface area (Å²) < 4.78 is 5.48. The van der Waals surface area contributed by atoms with E-state index in [0.717, 1.165) is 31.7 Å². The second-order valence-corrected chi connectivity index (χ2v) is 7.40. The van der Waals surface area contributed by atoms with Crippen LogP contribution in [0.2, 0.25) is 0 Å². The normalized spacial score (nSPS) is 29.6. The molecule has 0 radical (unpaired) electrons. The van der Waals surface area contributed by atoms with Crippen molar-refractivity contribution >= 4 is 0 Å². The van der Waals surface area contributed by atoms with E-state index in [1.54, 1.807) is 0 Å². The Bertz CT molecular complexity index is 298. The van der Waals surface area contributed by atoms with Crippen molar-refractivity contribution in [3.8, 4) is 0 Å². The predicted octanol–water partition coefficient (Wildman–Crippen LogP) is 1.66. The Morgan fingerprint density at radius 2 is 2.00 bits per heavy atom. The monoisotopic (exact) mass is 297 g/mol. The van der Waals surface area contributed by atoms with Gasteiger partial charge in [0.15, 0.2) is 0 Å². The Kier molecular flexibility index (Phi) is 6.93. The van der Waals surface area contributed by atoms with Crippen molar-refractivity contribution in [3.63, 3.8) is 0 Å². The Balaban J connectivity index is 1.85. The fourth-order valence-corrected chi connectivity index (χ4v) is 4.04. The number of ether oxygens (including phenoxy) is 1. The Morgan fingerprint density at radius 1 is 1.19 bits per heavy atom. The Hall–Kier alpha value is -0.160. The lowest BCUT2D eigenvalue weighted by molar-refractivity contribution is 0.00140. The molecule has 2 heterocycles. The number of nitrogens with zero attached hydrogens (tertiary/aromatic N) is 2. The van der Waals surface area contributed by atoms with Crippen LogP contribution >= 0.6 is 0 Å². The van der Waals surface area contributed by atoms with E-state index in [4.69, 9.17) is 4.74 Å². The molecular formula is C17H35N3O. The lowest BCUT2D eigenvalue weighted by Crippen LogP contribution is -2.57. The molecule has 0 saturated carbocycles. The number of fused-ring (bicyclic) bond motifs is 1. The van der Waals surface area contributed by atoms with E-state index < -0.39 is 0 Å². The molecule has 2 aliphatic heterocycles. The maximum absolute atomic E-state index is 5.48. The smallest absolute Gasteiger partial charge is 0.0630 e. The number of hydrogen-bond acceptors (Lipinski definition) is 4. The van der Waals surface area contributed by atoms with Crippen LogP contribution in [-0.2, 0) is 4.74 Å². The van der Waals surface area contributed by atoms with Gasteiger partial charge in [0.05, 0.1) is 6.61 Å². The average molecular weight is 297 g/mol. The minimum Gasteiger partial charge on any atom is -0.383 e. The summed E-state index contributed by atoms with van der Waals surface area (Å²) in [5, 5.41) is 3.62. The standard InChI is InChI=1S/C17H35N3O/c1-14(2)10-18-11-16(13-21-4)20-9-7-17-15(12-20)6-5-8-19(17)3/h14-18H,5-13H2,1-4H3. The number of piperidine rings is 2. The summed E-state index contributed by atoms with van der Waals surface area (Å²) in [4.78, 5) is 5.27. The molecule has 0 amide bonds. The molecule has 2 rings (SSSR count). The molecule has 3 unspecified atom stereocenters. The first-order valence-electron chi connectivity index (χ1n) is 8.75. The number of hydrogen-bond donors (Lipinski definition) is 1. The highest BCUT2D eigenvalue weighted by Gasteiger charge is 2.36. The minimum atomic E-state index is 0.530. The van der Waals surface area contributed by atoms with Gasteiger partial charge in [-0.15, -0.1) is 0 Å². The summed E-state index contributed by atoms with van der Waals surface area (Å²) in [5.74, 6) is 1.58. The van der Waals surface area contributed by atoms with Crippen molar-refractivity contribution in [1.29, 1.82) is 0 Å². The number of nitrogens with one attached hydrogen (secondary N) is 1. The van der Waals surface area contributed by atoms with Crippen LogP contribution in [0.25, 0.3) is 0 Å². The van der Waals surface area contributed by atoms with Gasteiger partial charge in [0.2, 0.25) is 0 Å². The fourth-order valence-electron chi connectivity index (χ4n) is 4.04. The minimum absolute atomic E-state index is 0.530. The molecule has 124 valence electrons. The van der Waals surface area contributed by atoms with E-state index in [1.165, 1.54) is 38.9 Å². The highest BCUT2D eigenvalue weighted by atomic mass is 16.5. The zero-order valence-electron chi connectivity index (χ0n) is 14.5. The molecule has 4 nitrogen and oxygen atoms in total. The van der Waals surface area contributed by atoms with Gasteiger partial charge in [-0.1, -0.05) is 13.8 Å². The highest BCUT2D eigenvalue weighted by Crippen LogP contribution is 2.30. The predicted molar refractivity (Wildman–Crippen MR) is 88.7 cm³/mol. The van der Waals surface area contributed by atoms with Crippen molar-refractivity contribution in [2.45, 2.75) is 45.2 Å². The molecule has 0 spiro atoms. The van der Waals surface area contributed by atoms with E-state index in [0.29, 0.717) is 12.0 Å². The molecule has 0 aromatic carbocycles. The van der Waals surface area contributed by atoms with Crippen LogP contribution in [-0.4, -0.2) is 75.4 Å². The van der Waals surface area contributed by atoms with Crippen LogP contribution in [0.5, 0.6) is 0 Å². The Labute approximate surface area is 131 Å². The maximum atomic E-state index is 5.48. The molecule has 4 heteroatoms. The van der Waals surface area contributed by atoms with Crippen LogP contribution in [0.15, 0.2) is 0 Å². The quantitative estimate of drug-likeness (QED) is 0.773. The van der Waals surface area contributed by atoms with Gasteiger partial charge in [-0.25, -0.2) is 0 Å². The first kappa shape index (κ1) is 17.2. The molecule has 0 bridgehead atoms. The highest BCUT2D eigenvalue weighted by molar-refractivity contribution is 4.91. The summed E-state index contributed by atoms with van der Waals surface area (Å²) in [5.41, 5.74) is 0. The van der Waals surface area contributed by atoms with E-state index >= 15 is 0 Å². The summed E-state index contributed by atoms with van der Waals surface area (Å²) in [6.45, 7) is 11.3. The largest absolute Gasteiger partial charge is 0.383 e. The third-order valence-electron chi connectivity index (χ3n) is 5.19. The summed E-state index contributed by atoms with van der Waals surface area (Å²) >= 11 is 0. The molecule has 3 atom stereocenters. The molecule has 0 aliphatic carbocycles. The van der Waals surface area contributed by atoms with Crippen molar-refractivity contribution in [1.82, 2.24) is 15.1 Å². The fraction of sp³-hybridized carbons (Fsp3) is 1.00. The Morgan fingerprint density at radius 3 is 2.71 bits per heavy atom. The van der Waals surface area contributed by atoms with Crippen LogP contribution in [0.3, 0.4) is 0 Å². The number of methoxy groups -OCH3 is 1. The first-order chi connectivity index (χ1) is 10.1. The third-order valence-corrected chi connectivity index (χ3v) is 5.19. The van der Waals surface area contributed by atoms with Crippen LogP contribution in [0.1, 0.15) is 33.1 Å². The summed E-state index contributed by atoms with van der Waals surface area (Å²) in [7, 11) is 4.14. The van der Waals surface area contributed by atoms with Gasteiger partial charge in [-0.2, -0.15) is 0 Å². The number of likely N-dealkylation sites (tertiary alicyclic amines) is 2. The van der Waals surface area contributed by atoms with E-state index in [-0.39, 0.29) is 0 Å². The molecule has 21 heavy (non-hydrogen) atoms. The van der Waals surface area contributed by atoms with E-state index in [2.05, 4.69) is 36.0 Å². The maximum Gasteiger partial charge on any atom is 0.0630 e. The third kappa shape index (κ3) is 4.92. The summed E-state index contributed by atoms with van der Waals surface area (Å²) in [6, 6.07) is 1.35. The van der Waals surface area contributed by atoms with Crippen molar-refractivity contribution in [2.75, 3.05) is 53.5 Å². The van der Waals surface area contributed by atoms with Crippen LogP contribution < -0.4 is 5.32 Å². The summed E-state index contributed by atoms with van der Waals surface area (Å²) in [6.07, 6.45) is 4.10. The topological polar surface area (TPSA) is 27.7 Å².